The fourth-order valence-corrected chi connectivity index (χ4v) is 10.8. The summed E-state index contributed by atoms with van der Waals surface area (Å²) in [4.78, 5) is 18.9. The van der Waals surface area contributed by atoms with Gasteiger partial charge in [-0.3, -0.25) is 0 Å². The van der Waals surface area contributed by atoms with E-state index in [0.717, 1.165) is 74.4 Å². The van der Waals surface area contributed by atoms with Crippen molar-refractivity contribution in [3.05, 3.63) is 124 Å². The summed E-state index contributed by atoms with van der Waals surface area (Å²) in [6.45, 7) is 19.5. The molecule has 2 aromatic carbocycles. The van der Waals surface area contributed by atoms with Crippen molar-refractivity contribution >= 4 is 39.7 Å². The molecule has 0 N–H and O–H groups in total. The number of fused-ring (bicyclic) bond motifs is 3. The summed E-state index contributed by atoms with van der Waals surface area (Å²) in [5, 5.41) is 2.12. The van der Waals surface area contributed by atoms with Crippen LogP contribution in [0.5, 0.6) is 0 Å². The van der Waals surface area contributed by atoms with E-state index in [-0.39, 0.29) is 20.1 Å². The molecule has 0 fully saturated rings. The van der Waals surface area contributed by atoms with E-state index in [1.807, 2.05) is 32.2 Å². The van der Waals surface area contributed by atoms with Crippen molar-refractivity contribution in [2.24, 2.45) is 11.8 Å². The average Bonchev–Trinajstić information content (AvgIpc) is 3.47. The molecule has 1 radical (unpaired) electrons. The minimum absolute atomic E-state index is 0. The third-order valence-corrected chi connectivity index (χ3v) is 14.2. The van der Waals surface area contributed by atoms with E-state index >= 15 is 0 Å². The van der Waals surface area contributed by atoms with Crippen molar-refractivity contribution in [2.75, 3.05) is 0 Å². The number of aromatic nitrogens is 4. The van der Waals surface area contributed by atoms with Crippen LogP contribution in [0.2, 0.25) is 17.3 Å². The minimum atomic E-state index is -1.90. The Morgan fingerprint density at radius 2 is 1.42 bits per heavy atom. The quantitative estimate of drug-likeness (QED) is 0.112. The monoisotopic (exact) mass is 969 g/mol. The maximum atomic E-state index is 6.40. The maximum absolute atomic E-state index is 6.40. The predicted molar refractivity (Wildman–Crippen MR) is 229 cm³/mol. The van der Waals surface area contributed by atoms with Gasteiger partial charge in [-0.1, -0.05) is 54.6 Å². The molecule has 0 saturated heterocycles. The van der Waals surface area contributed by atoms with Crippen molar-refractivity contribution in [1.29, 1.82) is 0 Å². The zero-order valence-corrected chi connectivity index (χ0v) is 39.0. The molecule has 5 nitrogen and oxygen atoms in total. The van der Waals surface area contributed by atoms with Gasteiger partial charge in [-0.15, -0.1) is 18.2 Å². The number of rotatable bonds is 8. The molecule has 0 aliphatic carbocycles. The first-order chi connectivity index (χ1) is 25.6. The molecule has 0 aliphatic rings. The Hall–Kier alpha value is -3.97. The van der Waals surface area contributed by atoms with Crippen LogP contribution >= 0.6 is 0 Å². The van der Waals surface area contributed by atoms with E-state index in [9.17, 15) is 0 Å². The fourth-order valence-electron chi connectivity index (χ4n) is 7.49. The molecule has 0 saturated carbocycles. The molecule has 55 heavy (non-hydrogen) atoms. The number of benzene rings is 2. The van der Waals surface area contributed by atoms with Gasteiger partial charge in [0, 0.05) is 37.3 Å². The molecule has 5 aromatic heterocycles. The average molecular weight is 968 g/mol. The Balaban J connectivity index is 0.000000222. The number of aryl methyl sites for hydroxylation is 5. The molecule has 7 rings (SSSR count). The van der Waals surface area contributed by atoms with Crippen molar-refractivity contribution in [3.8, 4) is 33.8 Å². The summed E-state index contributed by atoms with van der Waals surface area (Å²) in [6, 6.07) is 27.7. The second kappa shape index (κ2) is 17.4. The zero-order chi connectivity index (χ0) is 38.9. The normalized spacial score (nSPS) is 11.6. The van der Waals surface area contributed by atoms with Gasteiger partial charge in [0.2, 0.25) is 5.71 Å². The summed E-state index contributed by atoms with van der Waals surface area (Å²) in [6.07, 6.45) is 6.14. The van der Waals surface area contributed by atoms with Gasteiger partial charge in [0.15, 0.2) is 0 Å². The van der Waals surface area contributed by atoms with Crippen molar-refractivity contribution in [2.45, 2.75) is 92.4 Å². The zero-order valence-electron chi connectivity index (χ0n) is 34.5. The summed E-state index contributed by atoms with van der Waals surface area (Å²) in [5.41, 5.74) is 15.8. The molecule has 287 valence electrons. The standard InChI is InChI=1S/C29H27N2O.C19H27GeN2.Ir/c1-17(2)14-21-12-13-30-24(16-21)22-10-7-11-23-27-20(5)15-25(31-29(27)32-28(22)23)26-18(3)8-6-9-19(26)4;1-13(2)10-16-11-19(21-12-18(16)20(5,6)7)17-9-8-14(3)22-15(17)4;/h6-9,11-13,15-17H,14H2,1-5H3;8,11-13H,10H2,1-7H3;/q2*-1;. The number of pyridine rings is 4. The summed E-state index contributed by atoms with van der Waals surface area (Å²) in [7, 11) is 0. The Bertz CT molecular complexity index is 2440. The van der Waals surface area contributed by atoms with E-state index in [1.54, 1.807) is 0 Å². The topological polar surface area (TPSA) is 64.7 Å². The van der Waals surface area contributed by atoms with Crippen molar-refractivity contribution in [1.82, 2.24) is 19.9 Å². The van der Waals surface area contributed by atoms with Gasteiger partial charge >= 0.3 is 138 Å². The van der Waals surface area contributed by atoms with Crippen LogP contribution in [0.15, 0.2) is 77.5 Å². The van der Waals surface area contributed by atoms with Crippen LogP contribution in [0.1, 0.15) is 66.9 Å². The van der Waals surface area contributed by atoms with Gasteiger partial charge in [0.25, 0.3) is 0 Å². The first kappa shape index (κ1) is 42.2. The second-order valence-corrected chi connectivity index (χ2v) is 27.3. The summed E-state index contributed by atoms with van der Waals surface area (Å²) in [5.74, 6) is 8.55. The van der Waals surface area contributed by atoms with Crippen LogP contribution in [0.25, 0.3) is 55.8 Å². The van der Waals surface area contributed by atoms with Gasteiger partial charge in [0.1, 0.15) is 0 Å². The number of hydrogen-bond donors (Lipinski definition) is 0. The van der Waals surface area contributed by atoms with E-state index in [1.165, 1.54) is 32.2 Å². The van der Waals surface area contributed by atoms with Crippen LogP contribution in [0, 0.1) is 58.6 Å². The fraction of sp³-hybridized carbons (Fsp3) is 0.333. The molecule has 5 heterocycles. The number of hydrogen-bond acceptors (Lipinski definition) is 5. The first-order valence-corrected chi connectivity index (χ1v) is 26.6. The van der Waals surface area contributed by atoms with E-state index < -0.39 is 13.3 Å². The molecule has 0 spiro atoms. The summed E-state index contributed by atoms with van der Waals surface area (Å²) < 4.78 is 7.92. The first-order valence-electron chi connectivity index (χ1n) is 19.2. The van der Waals surface area contributed by atoms with Crippen molar-refractivity contribution in [3.63, 3.8) is 0 Å². The minimum Gasteiger partial charge on any atom is -0.486 e. The Kier molecular flexibility index (Phi) is 13.4. The van der Waals surface area contributed by atoms with E-state index in [4.69, 9.17) is 14.4 Å². The Morgan fingerprint density at radius 1 is 0.727 bits per heavy atom. The van der Waals surface area contributed by atoms with Crippen LogP contribution in [0.3, 0.4) is 0 Å². The summed E-state index contributed by atoms with van der Waals surface area (Å²) >= 11 is -1.90. The van der Waals surface area contributed by atoms with Gasteiger partial charge in [-0.25, -0.2) is 4.98 Å². The van der Waals surface area contributed by atoms with Crippen LogP contribution in [-0.4, -0.2) is 33.2 Å². The molecule has 7 heteroatoms. The molecular formula is C48H54GeIrN4O-2. The van der Waals surface area contributed by atoms with E-state index in [2.05, 4.69) is 143 Å². The Labute approximate surface area is 344 Å². The van der Waals surface area contributed by atoms with Gasteiger partial charge in [-0.05, 0) is 67.6 Å². The predicted octanol–water partition coefficient (Wildman–Crippen LogP) is 11.9. The third-order valence-electron chi connectivity index (χ3n) is 9.88. The molecule has 0 aliphatic heterocycles. The molecule has 0 atom stereocenters. The van der Waals surface area contributed by atoms with Gasteiger partial charge in [0.05, 0.1) is 11.3 Å². The Morgan fingerprint density at radius 3 is 2.07 bits per heavy atom. The van der Waals surface area contributed by atoms with Crippen LogP contribution in [0.4, 0.5) is 0 Å². The molecule has 0 bridgehead atoms. The van der Waals surface area contributed by atoms with Crippen LogP contribution < -0.4 is 4.40 Å². The van der Waals surface area contributed by atoms with Crippen molar-refractivity contribution < 1.29 is 24.5 Å². The number of nitrogens with zero attached hydrogens (tertiary/aromatic N) is 4. The van der Waals surface area contributed by atoms with Crippen LogP contribution in [-0.2, 0) is 32.9 Å². The SMILES string of the molecule is Cc1c[c-]c(-c2cc(CC(C)C)[c]([Ge]([CH3])([CH3])[CH3])cn2)c(C)n1.Cc1cccc(C)c1-c1cc(C)c2c(n1)oc1c(-c3cc(CC(C)C)ccn3)[c-]ccc12.[Ir]. The second-order valence-electron chi connectivity index (χ2n) is 16.7. The molecule has 0 unspecified atom stereocenters. The number of furan rings is 1. The van der Waals surface area contributed by atoms with E-state index in [0.29, 0.717) is 17.5 Å². The molecule has 7 aromatic rings. The largest absolute Gasteiger partial charge is 0.486 e. The maximum Gasteiger partial charge on any atom is 0.216 e. The van der Waals surface area contributed by atoms with Gasteiger partial charge in [-0.2, -0.15) is 0 Å². The third kappa shape index (κ3) is 9.53. The molecule has 0 amide bonds. The van der Waals surface area contributed by atoms with Gasteiger partial charge < -0.3 is 9.40 Å². The smallest absolute Gasteiger partial charge is 0.216 e. The molecular weight excluding hydrogens is 913 g/mol.